The highest BCUT2D eigenvalue weighted by atomic mass is 32.1. The van der Waals surface area contributed by atoms with Crippen LogP contribution >= 0.6 is 38.3 Å². The molecule has 2 aliphatic rings. The number of amides is 4. The van der Waals surface area contributed by atoms with Crippen LogP contribution in [0.4, 0.5) is 21.9 Å². The van der Waals surface area contributed by atoms with E-state index in [2.05, 4.69) is 27.5 Å². The number of carbonyl (C=O) groups is 3. The van der Waals surface area contributed by atoms with Crippen LogP contribution in [-0.2, 0) is 4.79 Å². The summed E-state index contributed by atoms with van der Waals surface area (Å²) in [7, 11) is 0. The van der Waals surface area contributed by atoms with Gasteiger partial charge < -0.3 is 20.7 Å². The van der Waals surface area contributed by atoms with Crippen LogP contribution in [0.15, 0.2) is 79.5 Å². The maximum atomic E-state index is 13.4. The molecule has 0 bridgehead atoms. The minimum Gasteiger partial charge on any atom is -0.457 e. The number of aromatic nitrogens is 1. The second kappa shape index (κ2) is 13.3. The zero-order valence-corrected chi connectivity index (χ0v) is 25.4. The fraction of sp³-hybridized carbons (Fsp3) is 0.200. The molecule has 3 heterocycles. The van der Waals surface area contributed by atoms with Crippen LogP contribution < -0.4 is 25.6 Å². The van der Waals surface area contributed by atoms with Crippen LogP contribution in [0.5, 0.6) is 11.5 Å². The molecule has 4 amide bonds. The second-order valence-electron chi connectivity index (χ2n) is 9.73. The Morgan fingerprint density at radius 3 is 2.26 bits per heavy atom. The van der Waals surface area contributed by atoms with E-state index >= 15 is 0 Å². The summed E-state index contributed by atoms with van der Waals surface area (Å²) in [5, 5.41) is 9.71. The Labute approximate surface area is 261 Å². The summed E-state index contributed by atoms with van der Waals surface area (Å²) in [4.78, 5) is 45.5. The number of anilines is 3. The number of thiophene rings is 1. The number of ether oxygens (including phenoxy) is 1. The standard InChI is InChI=1S/C30H27N5O4S.2H2S/c1-2-24(36)32-18-8-10-19(11-9-18)33-28(37)27-26-25-23(16-17-31-29(25)40-27)35(30(38)34-26)20-12-14-22(15-13-20)39-21-6-4-3-5-7-21;;/h2-7,12-19H,1,8-11H2,(H,32,36)(H,33,37)(H,34,38);2*1H2. The van der Waals surface area contributed by atoms with Gasteiger partial charge in [0, 0.05) is 18.3 Å². The Hall–Kier alpha value is -4.00. The fourth-order valence-electron chi connectivity index (χ4n) is 5.18. The van der Waals surface area contributed by atoms with E-state index in [1.807, 2.05) is 54.6 Å². The van der Waals surface area contributed by atoms with Crippen molar-refractivity contribution in [3.8, 4) is 11.5 Å². The molecule has 42 heavy (non-hydrogen) atoms. The first-order chi connectivity index (χ1) is 19.5. The van der Waals surface area contributed by atoms with Crippen molar-refractivity contribution in [3.63, 3.8) is 0 Å². The van der Waals surface area contributed by atoms with Gasteiger partial charge in [0.2, 0.25) is 5.91 Å². The second-order valence-corrected chi connectivity index (χ2v) is 10.7. The zero-order valence-electron chi connectivity index (χ0n) is 22.6. The number of nitrogens with zero attached hydrogens (tertiary/aromatic N) is 2. The number of pyridine rings is 1. The van der Waals surface area contributed by atoms with E-state index in [-0.39, 0.29) is 56.9 Å². The maximum Gasteiger partial charge on any atom is 0.331 e. The lowest BCUT2D eigenvalue weighted by Crippen LogP contribution is -2.43. The average Bonchev–Trinajstić information content (AvgIpc) is 3.35. The number of nitrogens with one attached hydrogen (secondary N) is 3. The molecule has 2 aromatic carbocycles. The summed E-state index contributed by atoms with van der Waals surface area (Å²) >= 11 is 1.26. The van der Waals surface area contributed by atoms with Crippen molar-refractivity contribution in [3.05, 3.63) is 84.4 Å². The Morgan fingerprint density at radius 2 is 1.60 bits per heavy atom. The van der Waals surface area contributed by atoms with Crippen molar-refractivity contribution in [1.82, 2.24) is 15.6 Å². The Balaban J connectivity index is 0.00000202. The lowest BCUT2D eigenvalue weighted by Gasteiger charge is -2.30. The molecule has 1 aliphatic carbocycles. The van der Waals surface area contributed by atoms with Gasteiger partial charge in [-0.2, -0.15) is 27.0 Å². The molecule has 4 aromatic rings. The predicted octanol–water partition coefficient (Wildman–Crippen LogP) is 6.34. The van der Waals surface area contributed by atoms with Gasteiger partial charge in [-0.1, -0.05) is 24.8 Å². The number of para-hydroxylation sites is 1. The molecule has 0 atom stereocenters. The third-order valence-corrected chi connectivity index (χ3v) is 8.22. The Bertz CT molecular complexity index is 1600. The van der Waals surface area contributed by atoms with Crippen molar-refractivity contribution >= 4 is 83.5 Å². The molecule has 1 aliphatic heterocycles. The van der Waals surface area contributed by atoms with E-state index in [1.165, 1.54) is 17.4 Å². The van der Waals surface area contributed by atoms with Gasteiger partial charge in [0.1, 0.15) is 21.2 Å². The van der Waals surface area contributed by atoms with Crippen molar-refractivity contribution in [2.24, 2.45) is 0 Å². The summed E-state index contributed by atoms with van der Waals surface area (Å²) in [6, 6.07) is 18.2. The highest BCUT2D eigenvalue weighted by molar-refractivity contribution is 7.59. The highest BCUT2D eigenvalue weighted by Gasteiger charge is 2.33. The number of benzene rings is 2. The molecule has 9 nitrogen and oxygen atoms in total. The number of rotatable bonds is 7. The van der Waals surface area contributed by atoms with Gasteiger partial charge in [-0.25, -0.2) is 9.78 Å². The first-order valence-electron chi connectivity index (χ1n) is 13.1. The molecule has 218 valence electrons. The van der Waals surface area contributed by atoms with Gasteiger partial charge >= 0.3 is 6.03 Å². The molecule has 1 saturated carbocycles. The van der Waals surface area contributed by atoms with E-state index < -0.39 is 0 Å². The van der Waals surface area contributed by atoms with E-state index in [9.17, 15) is 14.4 Å². The van der Waals surface area contributed by atoms with Gasteiger partial charge in [0.25, 0.3) is 5.91 Å². The summed E-state index contributed by atoms with van der Waals surface area (Å²) in [5.41, 5.74) is 1.81. The van der Waals surface area contributed by atoms with Crippen LogP contribution in [0.2, 0.25) is 0 Å². The zero-order chi connectivity index (χ0) is 27.6. The van der Waals surface area contributed by atoms with Gasteiger partial charge in [0.15, 0.2) is 0 Å². The van der Waals surface area contributed by atoms with E-state index in [0.717, 1.165) is 36.8 Å². The molecule has 6 rings (SSSR count). The molecular weight excluding hydrogens is 591 g/mol. The molecular formula is C30H31N5O4S3. The van der Waals surface area contributed by atoms with E-state index in [0.29, 0.717) is 32.5 Å². The van der Waals surface area contributed by atoms with Crippen LogP contribution in [0.3, 0.4) is 0 Å². The number of carbonyl (C=O) groups excluding carboxylic acids is 3. The van der Waals surface area contributed by atoms with Gasteiger partial charge in [0.05, 0.1) is 22.4 Å². The molecule has 0 saturated heterocycles. The average molecular weight is 622 g/mol. The lowest BCUT2D eigenvalue weighted by atomic mass is 9.91. The van der Waals surface area contributed by atoms with Crippen LogP contribution in [0.1, 0.15) is 35.4 Å². The van der Waals surface area contributed by atoms with Gasteiger partial charge in [-0.05, 0) is 74.2 Å². The first-order valence-corrected chi connectivity index (χ1v) is 13.9. The maximum absolute atomic E-state index is 13.4. The number of hydrogen-bond acceptors (Lipinski definition) is 6. The third kappa shape index (κ3) is 6.25. The smallest absolute Gasteiger partial charge is 0.331 e. The molecule has 0 radical (unpaired) electrons. The van der Waals surface area contributed by atoms with Crippen molar-refractivity contribution in [2.45, 2.75) is 37.8 Å². The highest BCUT2D eigenvalue weighted by Crippen LogP contribution is 2.46. The fourth-order valence-corrected chi connectivity index (χ4v) is 6.20. The normalized spacial score (nSPS) is 17.2. The van der Waals surface area contributed by atoms with Crippen LogP contribution in [0.25, 0.3) is 10.2 Å². The number of hydrogen-bond donors (Lipinski definition) is 3. The van der Waals surface area contributed by atoms with E-state index in [4.69, 9.17) is 4.74 Å². The van der Waals surface area contributed by atoms with Crippen LogP contribution in [-0.4, -0.2) is 34.9 Å². The SMILES string of the molecule is C=CC(=O)NC1CCC(NC(=O)c2sc3nccc4c3c2NC(=O)N4c2ccc(Oc3ccccc3)cc2)CC1.S.S. The van der Waals surface area contributed by atoms with Crippen molar-refractivity contribution < 1.29 is 19.1 Å². The van der Waals surface area contributed by atoms with E-state index in [1.54, 1.807) is 17.2 Å². The Kier molecular flexibility index (Phi) is 9.81. The molecule has 0 spiro atoms. The molecule has 2 aromatic heterocycles. The van der Waals surface area contributed by atoms with Gasteiger partial charge in [-0.15, -0.1) is 11.3 Å². The quantitative estimate of drug-likeness (QED) is 0.209. The Morgan fingerprint density at radius 1 is 0.952 bits per heavy atom. The minimum atomic E-state index is -0.359. The first kappa shape index (κ1) is 30.9. The summed E-state index contributed by atoms with van der Waals surface area (Å²) in [6.45, 7) is 3.49. The molecule has 12 heteroatoms. The third-order valence-electron chi connectivity index (χ3n) is 7.12. The molecule has 0 unspecified atom stereocenters. The minimum absolute atomic E-state index is 0. The largest absolute Gasteiger partial charge is 0.457 e. The van der Waals surface area contributed by atoms with Crippen LogP contribution in [0, 0.1) is 0 Å². The summed E-state index contributed by atoms with van der Waals surface area (Å²) < 4.78 is 5.89. The monoisotopic (exact) mass is 621 g/mol. The summed E-state index contributed by atoms with van der Waals surface area (Å²) in [5.74, 6) is 0.961. The van der Waals surface area contributed by atoms with Gasteiger partial charge in [-0.3, -0.25) is 14.5 Å². The molecule has 1 fully saturated rings. The van der Waals surface area contributed by atoms with Crippen molar-refractivity contribution in [2.75, 3.05) is 10.2 Å². The van der Waals surface area contributed by atoms with Crippen molar-refractivity contribution in [1.29, 1.82) is 0 Å². The molecule has 3 N–H and O–H groups in total. The lowest BCUT2D eigenvalue weighted by molar-refractivity contribution is -0.117. The summed E-state index contributed by atoms with van der Waals surface area (Å²) in [6.07, 6.45) is 5.97. The predicted molar refractivity (Wildman–Crippen MR) is 176 cm³/mol. The topological polar surface area (TPSA) is 113 Å². The number of urea groups is 1.